The van der Waals surface area contributed by atoms with E-state index in [1.165, 1.54) is 6.07 Å². The predicted molar refractivity (Wildman–Crippen MR) is 135 cm³/mol. The van der Waals surface area contributed by atoms with Gasteiger partial charge in [-0.25, -0.2) is 4.79 Å². The van der Waals surface area contributed by atoms with Crippen LogP contribution >= 0.6 is 12.6 Å². The highest BCUT2D eigenvalue weighted by Gasteiger charge is 2.48. The number of hydrogen-bond donors (Lipinski definition) is 4. The molecule has 0 radical (unpaired) electrons. The van der Waals surface area contributed by atoms with Crippen LogP contribution in [0.1, 0.15) is 71.0 Å². The molecule has 34 heavy (non-hydrogen) atoms. The molecular formula is C25H39N3O5S. The van der Waals surface area contributed by atoms with E-state index in [0.29, 0.717) is 17.7 Å². The van der Waals surface area contributed by atoms with Gasteiger partial charge in [-0.3, -0.25) is 9.59 Å². The fraction of sp³-hybridized carbons (Fsp3) is 0.640. The van der Waals surface area contributed by atoms with E-state index in [1.54, 1.807) is 44.7 Å². The summed E-state index contributed by atoms with van der Waals surface area (Å²) in [5, 5.41) is 15.6. The lowest BCUT2D eigenvalue weighted by Gasteiger charge is -2.35. The largest absolute Gasteiger partial charge is 0.508 e. The van der Waals surface area contributed by atoms with Gasteiger partial charge < -0.3 is 25.4 Å². The van der Waals surface area contributed by atoms with Gasteiger partial charge in [0.15, 0.2) is 0 Å². The maximum Gasteiger partial charge on any atom is 0.408 e. The van der Waals surface area contributed by atoms with Gasteiger partial charge in [-0.1, -0.05) is 26.3 Å². The number of alkyl carbamates (subject to hydrolysis) is 1. The van der Waals surface area contributed by atoms with E-state index in [0.717, 1.165) is 19.3 Å². The lowest BCUT2D eigenvalue weighted by molar-refractivity contribution is -0.143. The van der Waals surface area contributed by atoms with Crippen LogP contribution in [0.3, 0.4) is 0 Å². The first-order valence-corrected chi connectivity index (χ1v) is 12.5. The number of carbonyl (C=O) groups is 3. The van der Waals surface area contributed by atoms with E-state index in [2.05, 4.69) is 23.3 Å². The number of nitrogens with zero attached hydrogens (tertiary/aromatic N) is 1. The van der Waals surface area contributed by atoms with Crippen LogP contribution in [0.5, 0.6) is 5.75 Å². The highest BCUT2D eigenvalue weighted by atomic mass is 32.1. The predicted octanol–water partition coefficient (Wildman–Crippen LogP) is 3.72. The van der Waals surface area contributed by atoms with Crippen LogP contribution in [0.4, 0.5) is 4.79 Å². The third kappa shape index (κ3) is 7.55. The van der Waals surface area contributed by atoms with Crippen molar-refractivity contribution in [2.24, 2.45) is 5.92 Å². The normalized spacial score (nSPS) is 19.0. The molecule has 0 aliphatic heterocycles. The average Bonchev–Trinajstić information content (AvgIpc) is 3.46. The smallest absolute Gasteiger partial charge is 0.408 e. The number of phenols is 1. The molecule has 3 amide bonds. The first-order chi connectivity index (χ1) is 15.9. The molecule has 1 fully saturated rings. The Morgan fingerprint density at radius 3 is 2.44 bits per heavy atom. The second kappa shape index (κ2) is 11.8. The zero-order valence-electron chi connectivity index (χ0n) is 21.1. The summed E-state index contributed by atoms with van der Waals surface area (Å²) in [6, 6.07) is 2.91. The minimum absolute atomic E-state index is 0.0501. The van der Waals surface area contributed by atoms with Crippen molar-refractivity contribution in [1.29, 1.82) is 0 Å². The van der Waals surface area contributed by atoms with Gasteiger partial charge in [-0.05, 0) is 69.7 Å². The number of unbranched alkanes of at least 4 members (excludes halogenated alkanes) is 1. The van der Waals surface area contributed by atoms with E-state index in [1.807, 2.05) is 13.8 Å². The Labute approximate surface area is 208 Å². The van der Waals surface area contributed by atoms with Crippen molar-refractivity contribution in [3.8, 4) is 5.75 Å². The third-order valence-corrected chi connectivity index (χ3v) is 6.11. The van der Waals surface area contributed by atoms with Crippen molar-refractivity contribution < 1.29 is 24.2 Å². The lowest BCUT2D eigenvalue weighted by atomic mass is 10.00. The Balaban J connectivity index is 2.42. The molecule has 1 aromatic carbocycles. The summed E-state index contributed by atoms with van der Waals surface area (Å²) in [6.45, 7) is 11.5. The molecule has 1 aromatic rings. The van der Waals surface area contributed by atoms with Crippen molar-refractivity contribution >= 4 is 30.5 Å². The quantitative estimate of drug-likeness (QED) is 0.294. The van der Waals surface area contributed by atoms with Gasteiger partial charge in [0.05, 0.1) is 0 Å². The van der Waals surface area contributed by atoms with E-state index in [9.17, 15) is 19.5 Å². The van der Waals surface area contributed by atoms with Gasteiger partial charge in [-0.2, -0.15) is 12.6 Å². The molecule has 0 heterocycles. The number of phenolic OH excluding ortho intramolecular Hbond substituents is 1. The molecule has 3 N–H and O–H groups in total. The second-order valence-corrected chi connectivity index (χ2v) is 10.4. The summed E-state index contributed by atoms with van der Waals surface area (Å²) in [6.07, 6.45) is 1.79. The first kappa shape index (κ1) is 27.8. The Kier molecular flexibility index (Phi) is 9.67. The standard InChI is InChI=1S/C25H39N3O5S/c1-7-8-11-26-22(30)21(17-9-10-20(29)16(3)12-17)28(19-13-15(19)2)23(31)18(14-34)27-24(32)33-25(4,5)6/h9-10,12,15,18-19,21,29,34H,7-8,11,13-14H2,1-6H3,(H,26,30)(H,27,32). The fourth-order valence-electron chi connectivity index (χ4n) is 3.76. The van der Waals surface area contributed by atoms with Crippen LogP contribution in [-0.2, 0) is 14.3 Å². The Morgan fingerprint density at radius 1 is 1.29 bits per heavy atom. The van der Waals surface area contributed by atoms with Crippen molar-refractivity contribution in [2.45, 2.75) is 84.5 Å². The van der Waals surface area contributed by atoms with Gasteiger partial charge in [0.2, 0.25) is 11.8 Å². The summed E-state index contributed by atoms with van der Waals surface area (Å²) in [5.74, 6) is -0.298. The number of ether oxygens (including phenoxy) is 1. The molecule has 1 saturated carbocycles. The Bertz CT molecular complexity index is 886. The summed E-state index contributed by atoms with van der Waals surface area (Å²) in [7, 11) is 0. The van der Waals surface area contributed by atoms with Gasteiger partial charge in [0.1, 0.15) is 23.4 Å². The monoisotopic (exact) mass is 493 g/mol. The summed E-state index contributed by atoms with van der Waals surface area (Å²) in [5.41, 5.74) is 0.495. The summed E-state index contributed by atoms with van der Waals surface area (Å²) in [4.78, 5) is 41.2. The number of rotatable bonds is 10. The van der Waals surface area contributed by atoms with Crippen molar-refractivity contribution in [3.05, 3.63) is 29.3 Å². The molecule has 2 rings (SSSR count). The second-order valence-electron chi connectivity index (χ2n) is 10.0. The number of thiol groups is 1. The molecule has 0 bridgehead atoms. The molecule has 0 aromatic heterocycles. The van der Waals surface area contributed by atoms with E-state index >= 15 is 0 Å². The van der Waals surface area contributed by atoms with Crippen molar-refractivity contribution in [2.75, 3.05) is 12.3 Å². The van der Waals surface area contributed by atoms with Crippen LogP contribution in [0.2, 0.25) is 0 Å². The molecular weight excluding hydrogens is 454 g/mol. The molecule has 190 valence electrons. The third-order valence-electron chi connectivity index (χ3n) is 5.74. The van der Waals surface area contributed by atoms with Gasteiger partial charge >= 0.3 is 6.09 Å². The van der Waals surface area contributed by atoms with Crippen LogP contribution in [0, 0.1) is 12.8 Å². The van der Waals surface area contributed by atoms with Crippen molar-refractivity contribution in [1.82, 2.24) is 15.5 Å². The minimum Gasteiger partial charge on any atom is -0.508 e. The van der Waals surface area contributed by atoms with Gasteiger partial charge in [-0.15, -0.1) is 0 Å². The molecule has 1 aliphatic carbocycles. The van der Waals surface area contributed by atoms with Gasteiger partial charge in [0.25, 0.3) is 0 Å². The molecule has 1 aliphatic rings. The Hall–Kier alpha value is -2.42. The van der Waals surface area contributed by atoms with Crippen molar-refractivity contribution in [3.63, 3.8) is 0 Å². The number of amides is 3. The first-order valence-electron chi connectivity index (χ1n) is 11.9. The molecule has 8 nitrogen and oxygen atoms in total. The Morgan fingerprint density at radius 2 is 1.94 bits per heavy atom. The topological polar surface area (TPSA) is 108 Å². The summed E-state index contributed by atoms with van der Waals surface area (Å²) >= 11 is 4.30. The molecule has 4 unspecified atom stereocenters. The lowest BCUT2D eigenvalue weighted by Crippen LogP contribution is -2.54. The number of benzene rings is 1. The zero-order chi connectivity index (χ0) is 25.6. The molecule has 4 atom stereocenters. The maximum absolute atomic E-state index is 13.8. The number of aryl methyl sites for hydroxylation is 1. The molecule has 0 spiro atoms. The minimum atomic E-state index is -0.963. The van der Waals surface area contributed by atoms with E-state index < -0.39 is 29.7 Å². The molecule has 0 saturated heterocycles. The number of hydrogen-bond acceptors (Lipinski definition) is 6. The number of carbonyl (C=O) groups excluding carboxylic acids is 3. The highest BCUT2D eigenvalue weighted by molar-refractivity contribution is 7.80. The van der Waals surface area contributed by atoms with Crippen LogP contribution < -0.4 is 10.6 Å². The van der Waals surface area contributed by atoms with E-state index in [4.69, 9.17) is 4.74 Å². The molecule has 9 heteroatoms. The van der Waals surface area contributed by atoms with Crippen LogP contribution in [0.25, 0.3) is 0 Å². The van der Waals surface area contributed by atoms with E-state index in [-0.39, 0.29) is 29.4 Å². The zero-order valence-corrected chi connectivity index (χ0v) is 21.9. The average molecular weight is 494 g/mol. The fourth-order valence-corrected chi connectivity index (χ4v) is 4.01. The summed E-state index contributed by atoms with van der Waals surface area (Å²) < 4.78 is 5.32. The van der Waals surface area contributed by atoms with Crippen LogP contribution in [0.15, 0.2) is 18.2 Å². The van der Waals surface area contributed by atoms with Crippen LogP contribution in [-0.4, -0.2) is 57.9 Å². The maximum atomic E-state index is 13.8. The number of aromatic hydroxyl groups is 1. The van der Waals surface area contributed by atoms with Gasteiger partial charge in [0, 0.05) is 18.3 Å². The number of nitrogens with one attached hydrogen (secondary N) is 2. The SMILES string of the molecule is CCCCNC(=O)C(c1ccc(O)c(C)c1)N(C(=O)C(CS)NC(=O)OC(C)(C)C)C1CC1C. The highest BCUT2D eigenvalue weighted by Crippen LogP contribution is 2.41.